The molecule has 6 N–H and O–H groups in total. The van der Waals surface area contributed by atoms with Crippen LogP contribution in [0.3, 0.4) is 0 Å². The van der Waals surface area contributed by atoms with Gasteiger partial charge in [-0.2, -0.15) is 0 Å². The van der Waals surface area contributed by atoms with Crippen molar-refractivity contribution in [1.82, 2.24) is 9.97 Å². The Balaban J connectivity index is -0.0000000771. The summed E-state index contributed by atoms with van der Waals surface area (Å²) in [4.78, 5) is 27.3. The first kappa shape index (κ1) is 33.7. The third kappa shape index (κ3) is 14.4. The van der Waals surface area contributed by atoms with E-state index >= 15 is 0 Å². The maximum atomic E-state index is 10.0. The van der Waals surface area contributed by atoms with Crippen molar-refractivity contribution in [3.63, 3.8) is 0 Å². The monoisotopic (exact) mass is 344 g/mol. The van der Waals surface area contributed by atoms with E-state index < -0.39 is 11.9 Å². The van der Waals surface area contributed by atoms with Crippen LogP contribution in [-0.2, 0) is 0 Å². The molecular weight excluding hydrogens is 330 g/mol. The van der Waals surface area contributed by atoms with Gasteiger partial charge >= 0.3 is 59.1 Å². The number of carbonyl (C=O) groups is 2. The Morgan fingerprint density at radius 3 is 1.17 bits per heavy atom. The van der Waals surface area contributed by atoms with Crippen molar-refractivity contribution in [2.75, 3.05) is 0 Å². The predicted octanol–water partition coefficient (Wildman–Crippen LogP) is -9.58. The van der Waals surface area contributed by atoms with Gasteiger partial charge in [0.25, 0.3) is 0 Å². The fourth-order valence-electron chi connectivity index (χ4n) is 0.967. The van der Waals surface area contributed by atoms with Crippen LogP contribution in [0, 0.1) is 0 Å². The SMILES string of the molecule is O.O.O.O=C([O-])c1cccnc1.O=C([O-])c1cccnc1.[Na+].[Na+]. The number of carbonyl (C=O) groups excluding carboxylic acids is 2. The number of carboxylic acid groups (broad SMARTS) is 2. The molecule has 0 aromatic carbocycles. The Bertz CT molecular complexity index is 480. The maximum absolute atomic E-state index is 10.0. The molecule has 0 spiro atoms. The average Bonchev–Trinajstić information content (AvgIpc) is 2.41. The molecule has 0 aliphatic heterocycles. The molecule has 0 unspecified atom stereocenters. The van der Waals surface area contributed by atoms with E-state index in [1.165, 1.54) is 36.9 Å². The Morgan fingerprint density at radius 1 is 0.739 bits per heavy atom. The van der Waals surface area contributed by atoms with Crippen molar-refractivity contribution in [1.29, 1.82) is 0 Å². The van der Waals surface area contributed by atoms with E-state index in [2.05, 4.69) is 9.97 Å². The van der Waals surface area contributed by atoms with Crippen LogP contribution in [0.15, 0.2) is 49.1 Å². The van der Waals surface area contributed by atoms with Gasteiger partial charge in [0.1, 0.15) is 0 Å². The van der Waals surface area contributed by atoms with Crippen LogP contribution < -0.4 is 69.3 Å². The molecule has 2 rings (SSSR count). The minimum absolute atomic E-state index is 0. The summed E-state index contributed by atoms with van der Waals surface area (Å²) in [7, 11) is 0. The molecule has 2 aromatic heterocycles. The second-order valence-corrected chi connectivity index (χ2v) is 3.06. The van der Waals surface area contributed by atoms with E-state index in [0.29, 0.717) is 0 Å². The third-order valence-corrected chi connectivity index (χ3v) is 1.79. The Morgan fingerprint density at radius 2 is 1.04 bits per heavy atom. The smallest absolute Gasteiger partial charge is 0.545 e. The summed E-state index contributed by atoms with van der Waals surface area (Å²) in [6.45, 7) is 0. The van der Waals surface area contributed by atoms with Crippen molar-refractivity contribution in [3.8, 4) is 0 Å². The number of aromatic carboxylic acids is 2. The molecule has 0 amide bonds. The van der Waals surface area contributed by atoms with Crippen LogP contribution in [0.2, 0.25) is 0 Å². The second kappa shape index (κ2) is 19.2. The van der Waals surface area contributed by atoms with E-state index in [4.69, 9.17) is 0 Å². The molecule has 9 nitrogen and oxygen atoms in total. The summed E-state index contributed by atoms with van der Waals surface area (Å²) < 4.78 is 0. The number of nitrogens with zero attached hydrogens (tertiary/aromatic N) is 2. The Hall–Kier alpha value is -0.880. The summed E-state index contributed by atoms with van der Waals surface area (Å²) >= 11 is 0. The van der Waals surface area contributed by atoms with Gasteiger partial charge in [0.05, 0.1) is 11.9 Å². The fourth-order valence-corrected chi connectivity index (χ4v) is 0.967. The summed E-state index contributed by atoms with van der Waals surface area (Å²) in [6.07, 6.45) is 5.50. The topological polar surface area (TPSA) is 201 Å². The van der Waals surface area contributed by atoms with Crippen LogP contribution in [0.25, 0.3) is 0 Å². The molecule has 0 saturated carbocycles. The van der Waals surface area contributed by atoms with Gasteiger partial charge in [-0.05, 0) is 12.1 Å². The first-order chi connectivity index (χ1) is 8.61. The normalized spacial score (nSPS) is 6.96. The van der Waals surface area contributed by atoms with Gasteiger partial charge in [0, 0.05) is 35.9 Å². The van der Waals surface area contributed by atoms with Crippen LogP contribution in [0.1, 0.15) is 20.7 Å². The molecule has 0 aliphatic carbocycles. The van der Waals surface area contributed by atoms with Crippen LogP contribution in [0.5, 0.6) is 0 Å². The molecule has 0 atom stereocenters. The van der Waals surface area contributed by atoms with Crippen molar-refractivity contribution in [3.05, 3.63) is 60.2 Å². The van der Waals surface area contributed by atoms with Gasteiger partial charge in [0.2, 0.25) is 0 Å². The number of hydrogen-bond donors (Lipinski definition) is 0. The summed E-state index contributed by atoms with van der Waals surface area (Å²) in [6, 6.07) is 5.96. The largest absolute Gasteiger partial charge is 1.00 e. The fraction of sp³-hybridized carbons (Fsp3) is 0. The van der Waals surface area contributed by atoms with Gasteiger partial charge in [-0.15, -0.1) is 0 Å². The van der Waals surface area contributed by atoms with Crippen molar-refractivity contribution in [2.24, 2.45) is 0 Å². The van der Waals surface area contributed by atoms with E-state index in [-0.39, 0.29) is 86.7 Å². The van der Waals surface area contributed by atoms with Crippen molar-refractivity contribution < 1.29 is 95.3 Å². The molecule has 2 aromatic rings. The zero-order valence-electron chi connectivity index (χ0n) is 12.6. The van der Waals surface area contributed by atoms with Crippen LogP contribution in [0.4, 0.5) is 0 Å². The van der Waals surface area contributed by atoms with Gasteiger partial charge in [-0.3, -0.25) is 9.97 Å². The predicted molar refractivity (Wildman–Crippen MR) is 68.0 cm³/mol. The molecule has 116 valence electrons. The summed E-state index contributed by atoms with van der Waals surface area (Å²) in [5.41, 5.74) is 0.218. The molecule has 0 fully saturated rings. The minimum Gasteiger partial charge on any atom is -0.545 e. The summed E-state index contributed by atoms with van der Waals surface area (Å²) in [5, 5.41) is 20.1. The number of aromatic nitrogens is 2. The minimum atomic E-state index is -1.19. The van der Waals surface area contributed by atoms with E-state index in [0.717, 1.165) is 0 Å². The molecule has 0 aliphatic rings. The van der Waals surface area contributed by atoms with E-state index in [9.17, 15) is 19.8 Å². The second-order valence-electron chi connectivity index (χ2n) is 3.06. The van der Waals surface area contributed by atoms with Gasteiger partial charge < -0.3 is 36.2 Å². The van der Waals surface area contributed by atoms with E-state index in [1.807, 2.05) is 0 Å². The average molecular weight is 344 g/mol. The molecule has 0 saturated heterocycles. The zero-order valence-corrected chi connectivity index (χ0v) is 16.6. The molecule has 2 heterocycles. The van der Waals surface area contributed by atoms with Gasteiger partial charge in [-0.1, -0.05) is 12.1 Å². The van der Waals surface area contributed by atoms with Gasteiger partial charge in [-0.25, -0.2) is 0 Å². The quantitative estimate of drug-likeness (QED) is 0.484. The molecule has 0 bridgehead atoms. The third-order valence-electron chi connectivity index (χ3n) is 1.79. The van der Waals surface area contributed by atoms with Crippen molar-refractivity contribution in [2.45, 2.75) is 0 Å². The Kier molecular flexibility index (Phi) is 28.1. The van der Waals surface area contributed by atoms with E-state index in [1.54, 1.807) is 12.1 Å². The maximum Gasteiger partial charge on any atom is 1.00 e. The first-order valence-electron chi connectivity index (χ1n) is 4.84. The first-order valence-corrected chi connectivity index (χ1v) is 4.84. The number of pyridine rings is 2. The molecular formula is C12H14N2Na2O7. The van der Waals surface area contributed by atoms with Crippen LogP contribution >= 0.6 is 0 Å². The molecule has 23 heavy (non-hydrogen) atoms. The molecule has 0 radical (unpaired) electrons. The number of hydrogen-bond acceptors (Lipinski definition) is 6. The summed E-state index contributed by atoms with van der Waals surface area (Å²) in [5.74, 6) is -2.38. The zero-order chi connectivity index (χ0) is 13.4. The number of rotatable bonds is 2. The number of carboxylic acids is 2. The van der Waals surface area contributed by atoms with Gasteiger partial charge in [0.15, 0.2) is 0 Å². The van der Waals surface area contributed by atoms with Crippen LogP contribution in [-0.4, -0.2) is 38.3 Å². The molecule has 11 heteroatoms. The standard InChI is InChI=1S/2C6H5NO2.2Na.3H2O/c2*8-6(9)5-2-1-3-7-4-5;;;;;/h2*1-4H,(H,8,9);;;3*1H2/q;;2*+1;;;/p-2. The Labute approximate surface area is 176 Å². The van der Waals surface area contributed by atoms with Crippen molar-refractivity contribution >= 4 is 11.9 Å².